The zero-order valence-corrected chi connectivity index (χ0v) is 15.8. The summed E-state index contributed by atoms with van der Waals surface area (Å²) in [6, 6.07) is 4.08. The molecule has 1 aliphatic carbocycles. The quantitative estimate of drug-likeness (QED) is 0.831. The van der Waals surface area contributed by atoms with Gasteiger partial charge in [0.25, 0.3) is 0 Å². The van der Waals surface area contributed by atoms with Gasteiger partial charge in [-0.2, -0.15) is 0 Å². The Bertz CT molecular complexity index is 655. The Balaban J connectivity index is 2.06. The first-order valence-corrected chi connectivity index (χ1v) is 9.41. The molecule has 0 saturated heterocycles. The van der Waals surface area contributed by atoms with Gasteiger partial charge >= 0.3 is 0 Å². The molecule has 2 unspecified atom stereocenters. The maximum Gasteiger partial charge on any atom is 0.245 e. The van der Waals surface area contributed by atoms with Crippen LogP contribution in [0.3, 0.4) is 0 Å². The predicted octanol–water partition coefficient (Wildman–Crippen LogP) is 2.62. The molecule has 5 heteroatoms. The van der Waals surface area contributed by atoms with E-state index in [0.717, 1.165) is 24.9 Å². The van der Waals surface area contributed by atoms with Crippen LogP contribution in [0.1, 0.15) is 56.2 Å². The van der Waals surface area contributed by atoms with Crippen LogP contribution in [-0.2, 0) is 21.5 Å². The number of fused-ring (bicyclic) bond motifs is 2. The number of aliphatic hydroxyl groups is 1. The van der Waals surface area contributed by atoms with Gasteiger partial charge in [-0.05, 0) is 68.7 Å². The second-order valence-corrected chi connectivity index (χ2v) is 7.37. The van der Waals surface area contributed by atoms with Crippen molar-refractivity contribution in [2.75, 3.05) is 18.7 Å². The molecular formula is C20H30N2O3. The molecule has 138 valence electrons. The van der Waals surface area contributed by atoms with E-state index in [1.54, 1.807) is 7.05 Å². The van der Waals surface area contributed by atoms with Crippen molar-refractivity contribution in [3.8, 4) is 0 Å². The lowest BCUT2D eigenvalue weighted by molar-refractivity contribution is -0.125. The van der Waals surface area contributed by atoms with Gasteiger partial charge in [-0.25, -0.2) is 5.06 Å². The highest BCUT2D eigenvalue weighted by Crippen LogP contribution is 2.58. The molecule has 1 amide bonds. The van der Waals surface area contributed by atoms with Crippen molar-refractivity contribution in [3.05, 3.63) is 28.8 Å². The SMILES string of the molecule is CCc1cc2c(cc1C)N(C(CCCO)C(=O)NC)OC(C)C21CC1. The lowest BCUT2D eigenvalue weighted by atomic mass is 9.85. The lowest BCUT2D eigenvalue weighted by Gasteiger charge is -2.43. The van der Waals surface area contributed by atoms with Crippen LogP contribution < -0.4 is 10.4 Å². The fourth-order valence-corrected chi connectivity index (χ4v) is 4.10. The zero-order chi connectivity index (χ0) is 18.2. The summed E-state index contributed by atoms with van der Waals surface area (Å²) in [7, 11) is 1.65. The highest BCUT2D eigenvalue weighted by Gasteiger charge is 2.55. The fourth-order valence-electron chi connectivity index (χ4n) is 4.10. The Morgan fingerprint density at radius 3 is 2.76 bits per heavy atom. The summed E-state index contributed by atoms with van der Waals surface area (Å²) >= 11 is 0. The van der Waals surface area contributed by atoms with E-state index < -0.39 is 6.04 Å². The number of carbonyl (C=O) groups excluding carboxylic acids is 1. The first-order chi connectivity index (χ1) is 12.0. The minimum absolute atomic E-state index is 0.0497. The summed E-state index contributed by atoms with van der Waals surface area (Å²) in [6.07, 6.45) is 4.47. The maximum absolute atomic E-state index is 12.5. The van der Waals surface area contributed by atoms with E-state index in [4.69, 9.17) is 4.84 Å². The molecule has 1 aliphatic heterocycles. The summed E-state index contributed by atoms with van der Waals surface area (Å²) in [5, 5.41) is 13.8. The topological polar surface area (TPSA) is 61.8 Å². The molecule has 2 atom stereocenters. The van der Waals surface area contributed by atoms with E-state index in [2.05, 4.69) is 38.2 Å². The molecule has 2 N–H and O–H groups in total. The normalized spacial score (nSPS) is 21.8. The minimum atomic E-state index is -0.429. The van der Waals surface area contributed by atoms with E-state index in [1.807, 2.05) is 5.06 Å². The summed E-state index contributed by atoms with van der Waals surface area (Å²) in [4.78, 5) is 18.8. The van der Waals surface area contributed by atoms with Gasteiger partial charge in [0.15, 0.2) is 0 Å². The van der Waals surface area contributed by atoms with Crippen LogP contribution in [0, 0.1) is 6.92 Å². The number of hydroxylamine groups is 1. The number of hydrogen-bond donors (Lipinski definition) is 2. The number of rotatable bonds is 6. The molecule has 3 rings (SSSR count). The average Bonchev–Trinajstić information content (AvgIpc) is 3.40. The van der Waals surface area contributed by atoms with Crippen LogP contribution >= 0.6 is 0 Å². The molecule has 1 fully saturated rings. The largest absolute Gasteiger partial charge is 0.396 e. The predicted molar refractivity (Wildman–Crippen MR) is 98.7 cm³/mol. The molecule has 25 heavy (non-hydrogen) atoms. The molecule has 1 aromatic carbocycles. The van der Waals surface area contributed by atoms with E-state index in [-0.39, 0.29) is 24.0 Å². The number of amides is 1. The molecule has 1 spiro atoms. The van der Waals surface area contributed by atoms with Crippen LogP contribution in [0.4, 0.5) is 5.69 Å². The van der Waals surface area contributed by atoms with E-state index >= 15 is 0 Å². The molecule has 0 bridgehead atoms. The van der Waals surface area contributed by atoms with Crippen molar-refractivity contribution in [2.24, 2.45) is 0 Å². The first-order valence-electron chi connectivity index (χ1n) is 9.41. The van der Waals surface area contributed by atoms with E-state index in [9.17, 15) is 9.90 Å². The van der Waals surface area contributed by atoms with Gasteiger partial charge in [0.05, 0.1) is 11.8 Å². The van der Waals surface area contributed by atoms with Gasteiger partial charge in [-0.15, -0.1) is 0 Å². The highest BCUT2D eigenvalue weighted by atomic mass is 16.7. The monoisotopic (exact) mass is 346 g/mol. The molecule has 2 aliphatic rings. The maximum atomic E-state index is 12.5. The summed E-state index contributed by atoms with van der Waals surface area (Å²) in [5.74, 6) is -0.0735. The molecule has 0 radical (unpaired) electrons. The summed E-state index contributed by atoms with van der Waals surface area (Å²) < 4.78 is 0. The smallest absolute Gasteiger partial charge is 0.245 e. The number of anilines is 1. The van der Waals surface area contributed by atoms with Crippen molar-refractivity contribution in [1.29, 1.82) is 0 Å². The number of likely N-dealkylation sites (N-methyl/N-ethyl adjacent to an activating group) is 1. The molecule has 1 heterocycles. The Hall–Kier alpha value is -1.59. The van der Waals surface area contributed by atoms with Crippen LogP contribution in [-0.4, -0.2) is 36.8 Å². The summed E-state index contributed by atoms with van der Waals surface area (Å²) in [5.41, 5.74) is 5.06. The second-order valence-electron chi connectivity index (χ2n) is 7.37. The van der Waals surface area contributed by atoms with Gasteiger partial charge in [0, 0.05) is 19.1 Å². The van der Waals surface area contributed by atoms with Gasteiger partial charge in [-0.3, -0.25) is 9.63 Å². The number of hydrogen-bond acceptors (Lipinski definition) is 4. The summed E-state index contributed by atoms with van der Waals surface area (Å²) in [6.45, 7) is 6.49. The molecular weight excluding hydrogens is 316 g/mol. The molecule has 1 saturated carbocycles. The van der Waals surface area contributed by atoms with Crippen LogP contribution in [0.15, 0.2) is 12.1 Å². The highest BCUT2D eigenvalue weighted by molar-refractivity contribution is 5.85. The van der Waals surface area contributed by atoms with Crippen LogP contribution in [0.2, 0.25) is 0 Å². The first kappa shape index (κ1) is 18.2. The molecule has 5 nitrogen and oxygen atoms in total. The lowest BCUT2D eigenvalue weighted by Crippen LogP contribution is -2.52. The van der Waals surface area contributed by atoms with E-state index in [0.29, 0.717) is 12.8 Å². The van der Waals surface area contributed by atoms with Gasteiger partial charge in [-0.1, -0.05) is 13.0 Å². The van der Waals surface area contributed by atoms with Crippen molar-refractivity contribution >= 4 is 11.6 Å². The van der Waals surface area contributed by atoms with Crippen molar-refractivity contribution in [1.82, 2.24) is 5.32 Å². The Morgan fingerprint density at radius 1 is 1.48 bits per heavy atom. The van der Waals surface area contributed by atoms with Gasteiger partial charge in [0.1, 0.15) is 6.04 Å². The van der Waals surface area contributed by atoms with E-state index in [1.165, 1.54) is 16.7 Å². The zero-order valence-electron chi connectivity index (χ0n) is 15.8. The van der Waals surface area contributed by atoms with Crippen molar-refractivity contribution in [2.45, 2.75) is 70.4 Å². The van der Waals surface area contributed by atoms with Gasteiger partial charge < -0.3 is 10.4 Å². The second kappa shape index (κ2) is 6.96. The van der Waals surface area contributed by atoms with Crippen LogP contribution in [0.5, 0.6) is 0 Å². The standard InChI is InChI=1S/C20H30N2O3/c1-5-15-12-16-18(11-13(15)2)22(25-14(3)20(16)8-9-20)17(7-6-10-23)19(24)21-4/h11-12,14,17,23H,5-10H2,1-4H3,(H,21,24). The van der Waals surface area contributed by atoms with Gasteiger partial charge in [0.2, 0.25) is 5.91 Å². The van der Waals surface area contributed by atoms with Crippen molar-refractivity contribution < 1.29 is 14.7 Å². The average molecular weight is 346 g/mol. The number of aliphatic hydroxyl groups excluding tert-OH is 1. The van der Waals surface area contributed by atoms with Crippen molar-refractivity contribution in [3.63, 3.8) is 0 Å². The number of aryl methyl sites for hydroxylation is 2. The number of carbonyl (C=O) groups is 1. The third-order valence-corrected chi connectivity index (χ3v) is 5.92. The number of benzene rings is 1. The number of nitrogens with zero attached hydrogens (tertiary/aromatic N) is 1. The third-order valence-electron chi connectivity index (χ3n) is 5.92. The van der Waals surface area contributed by atoms with Crippen LogP contribution in [0.25, 0.3) is 0 Å². The number of nitrogens with one attached hydrogen (secondary N) is 1. The molecule has 1 aromatic rings. The third kappa shape index (κ3) is 3.04. The Labute approximate surface area is 150 Å². The fraction of sp³-hybridized carbons (Fsp3) is 0.650. The Kier molecular flexibility index (Phi) is 5.07. The molecule has 0 aromatic heterocycles. The Morgan fingerprint density at radius 2 is 2.20 bits per heavy atom. The minimum Gasteiger partial charge on any atom is -0.396 e.